The largest absolute Gasteiger partial charge is 0.0622 e. The van der Waals surface area contributed by atoms with Crippen LogP contribution in [0.15, 0.2) is 30.3 Å². The summed E-state index contributed by atoms with van der Waals surface area (Å²) in [5.41, 5.74) is 2.12. The molecular weight excluding hydrogens is 216 g/mol. The van der Waals surface area contributed by atoms with Crippen LogP contribution in [0.5, 0.6) is 0 Å². The normalized spacial score (nSPS) is 36.1. The van der Waals surface area contributed by atoms with Gasteiger partial charge in [0.05, 0.1) is 0 Å². The molecule has 2 aliphatic carbocycles. The first-order valence-electron chi connectivity index (χ1n) is 7.82. The van der Waals surface area contributed by atoms with E-state index < -0.39 is 0 Å². The Labute approximate surface area is 112 Å². The van der Waals surface area contributed by atoms with Gasteiger partial charge in [-0.25, -0.2) is 0 Å². The van der Waals surface area contributed by atoms with E-state index in [0.29, 0.717) is 5.41 Å². The van der Waals surface area contributed by atoms with E-state index in [0.717, 1.165) is 11.8 Å². The van der Waals surface area contributed by atoms with Gasteiger partial charge in [0.2, 0.25) is 0 Å². The molecular formula is C18H26. The lowest BCUT2D eigenvalue weighted by atomic mass is 9.56. The molecule has 98 valence electrons. The van der Waals surface area contributed by atoms with Crippen LogP contribution in [0, 0.1) is 17.3 Å². The highest BCUT2D eigenvalue weighted by atomic mass is 14.5. The third-order valence-electron chi connectivity index (χ3n) is 5.58. The smallest absolute Gasteiger partial charge is 0.0222 e. The van der Waals surface area contributed by atoms with Crippen LogP contribution in [-0.4, -0.2) is 0 Å². The van der Waals surface area contributed by atoms with Gasteiger partial charge >= 0.3 is 0 Å². The molecule has 1 aromatic carbocycles. The molecule has 3 rings (SSSR count). The van der Waals surface area contributed by atoms with E-state index in [2.05, 4.69) is 37.3 Å². The van der Waals surface area contributed by atoms with Crippen molar-refractivity contribution in [3.8, 4) is 0 Å². The average molecular weight is 242 g/mol. The number of benzene rings is 1. The molecule has 18 heavy (non-hydrogen) atoms. The fraction of sp³-hybridized carbons (Fsp3) is 0.667. The lowest BCUT2D eigenvalue weighted by Gasteiger charge is -2.49. The van der Waals surface area contributed by atoms with E-state index in [1.807, 2.05) is 0 Å². The van der Waals surface area contributed by atoms with E-state index in [4.69, 9.17) is 0 Å². The predicted molar refractivity (Wildman–Crippen MR) is 77.6 cm³/mol. The molecule has 2 aliphatic rings. The number of rotatable bonds is 2. The van der Waals surface area contributed by atoms with Crippen molar-refractivity contribution >= 4 is 0 Å². The zero-order valence-electron chi connectivity index (χ0n) is 11.7. The van der Waals surface area contributed by atoms with Crippen molar-refractivity contribution in [2.75, 3.05) is 0 Å². The Morgan fingerprint density at radius 1 is 1.00 bits per heavy atom. The number of fused-ring (bicyclic) bond motifs is 1. The van der Waals surface area contributed by atoms with Gasteiger partial charge in [0.25, 0.3) is 0 Å². The fourth-order valence-electron chi connectivity index (χ4n) is 4.71. The van der Waals surface area contributed by atoms with Gasteiger partial charge in [-0.2, -0.15) is 0 Å². The van der Waals surface area contributed by atoms with Gasteiger partial charge in [0.15, 0.2) is 0 Å². The summed E-state index contributed by atoms with van der Waals surface area (Å²) in [6, 6.07) is 11.2. The monoisotopic (exact) mass is 242 g/mol. The quantitative estimate of drug-likeness (QED) is 0.666. The second-order valence-electron chi connectivity index (χ2n) is 6.86. The first-order chi connectivity index (χ1) is 8.78. The average Bonchev–Trinajstić information content (AvgIpc) is 2.40. The van der Waals surface area contributed by atoms with Crippen LogP contribution in [-0.2, 0) is 6.42 Å². The van der Waals surface area contributed by atoms with Crippen molar-refractivity contribution in [3.63, 3.8) is 0 Å². The summed E-state index contributed by atoms with van der Waals surface area (Å²) in [6.07, 6.45) is 11.7. The van der Waals surface area contributed by atoms with Gasteiger partial charge < -0.3 is 0 Å². The van der Waals surface area contributed by atoms with E-state index in [-0.39, 0.29) is 0 Å². The third kappa shape index (κ3) is 2.35. The standard InChI is InChI=1S/C18H26/c1-18(14-15-8-3-2-4-9-15)13-7-11-16-10-5-6-12-17(16)18/h2-4,8-9,16-17H,5-7,10-14H2,1H3. The van der Waals surface area contributed by atoms with Gasteiger partial charge in [-0.3, -0.25) is 0 Å². The van der Waals surface area contributed by atoms with Gasteiger partial charge in [-0.1, -0.05) is 69.4 Å². The summed E-state index contributed by atoms with van der Waals surface area (Å²) >= 11 is 0. The summed E-state index contributed by atoms with van der Waals surface area (Å²) < 4.78 is 0. The van der Waals surface area contributed by atoms with Gasteiger partial charge in [-0.05, 0) is 42.1 Å². The fourth-order valence-corrected chi connectivity index (χ4v) is 4.71. The molecule has 0 N–H and O–H groups in total. The van der Waals surface area contributed by atoms with Crippen molar-refractivity contribution in [3.05, 3.63) is 35.9 Å². The van der Waals surface area contributed by atoms with E-state index in [9.17, 15) is 0 Å². The molecule has 0 heterocycles. The molecule has 0 saturated heterocycles. The highest BCUT2D eigenvalue weighted by Crippen LogP contribution is 2.52. The second-order valence-corrected chi connectivity index (χ2v) is 6.86. The Morgan fingerprint density at radius 3 is 2.56 bits per heavy atom. The maximum Gasteiger partial charge on any atom is -0.0222 e. The Kier molecular flexibility index (Phi) is 3.46. The molecule has 3 atom stereocenters. The van der Waals surface area contributed by atoms with Crippen LogP contribution in [0.1, 0.15) is 57.4 Å². The topological polar surface area (TPSA) is 0 Å². The predicted octanol–water partition coefficient (Wildman–Crippen LogP) is 5.23. The van der Waals surface area contributed by atoms with Crippen LogP contribution in [0.25, 0.3) is 0 Å². The Balaban J connectivity index is 1.79. The molecule has 0 aromatic heterocycles. The highest BCUT2D eigenvalue weighted by molar-refractivity contribution is 5.17. The minimum Gasteiger partial charge on any atom is -0.0622 e. The van der Waals surface area contributed by atoms with E-state index in [1.54, 1.807) is 5.56 Å². The molecule has 0 radical (unpaired) electrons. The van der Waals surface area contributed by atoms with Gasteiger partial charge in [-0.15, -0.1) is 0 Å². The highest BCUT2D eigenvalue weighted by Gasteiger charge is 2.42. The Bertz CT molecular complexity index is 378. The summed E-state index contributed by atoms with van der Waals surface area (Å²) in [5.74, 6) is 2.04. The second kappa shape index (κ2) is 5.07. The molecule has 0 nitrogen and oxygen atoms in total. The van der Waals surface area contributed by atoms with Crippen molar-refractivity contribution in [1.29, 1.82) is 0 Å². The minimum atomic E-state index is 0.574. The molecule has 0 spiro atoms. The zero-order valence-corrected chi connectivity index (χ0v) is 11.7. The van der Waals surface area contributed by atoms with Crippen molar-refractivity contribution in [1.82, 2.24) is 0 Å². The molecule has 0 aliphatic heterocycles. The number of hydrogen-bond donors (Lipinski definition) is 0. The summed E-state index contributed by atoms with van der Waals surface area (Å²) in [5, 5.41) is 0. The van der Waals surface area contributed by atoms with Crippen LogP contribution in [0.2, 0.25) is 0 Å². The van der Waals surface area contributed by atoms with Crippen molar-refractivity contribution in [2.24, 2.45) is 17.3 Å². The van der Waals surface area contributed by atoms with Crippen LogP contribution >= 0.6 is 0 Å². The molecule has 1 aromatic rings. The molecule has 2 saturated carbocycles. The molecule has 3 unspecified atom stereocenters. The summed E-state index contributed by atoms with van der Waals surface area (Å²) in [6.45, 7) is 2.57. The lowest BCUT2D eigenvalue weighted by Crippen LogP contribution is -2.40. The van der Waals surface area contributed by atoms with Crippen molar-refractivity contribution < 1.29 is 0 Å². The number of hydrogen-bond acceptors (Lipinski definition) is 0. The summed E-state index contributed by atoms with van der Waals surface area (Å²) in [4.78, 5) is 0. The Morgan fingerprint density at radius 2 is 1.72 bits per heavy atom. The van der Waals surface area contributed by atoms with Crippen LogP contribution < -0.4 is 0 Å². The molecule has 0 bridgehead atoms. The van der Waals surface area contributed by atoms with E-state index in [1.165, 1.54) is 51.4 Å². The SMILES string of the molecule is CC1(Cc2ccccc2)CCCC2CCCCC21. The molecule has 0 heteroatoms. The maximum absolute atomic E-state index is 2.57. The van der Waals surface area contributed by atoms with Crippen molar-refractivity contribution in [2.45, 2.75) is 58.3 Å². The summed E-state index contributed by atoms with van der Waals surface area (Å²) in [7, 11) is 0. The van der Waals surface area contributed by atoms with Crippen LogP contribution in [0.4, 0.5) is 0 Å². The van der Waals surface area contributed by atoms with Crippen LogP contribution in [0.3, 0.4) is 0 Å². The Hall–Kier alpha value is -0.780. The maximum atomic E-state index is 2.57. The lowest BCUT2D eigenvalue weighted by molar-refractivity contribution is 0.0259. The van der Waals surface area contributed by atoms with E-state index >= 15 is 0 Å². The van der Waals surface area contributed by atoms with Gasteiger partial charge in [0.1, 0.15) is 0 Å². The molecule has 2 fully saturated rings. The van der Waals surface area contributed by atoms with Gasteiger partial charge in [0, 0.05) is 0 Å². The first kappa shape index (κ1) is 12.3. The third-order valence-corrected chi connectivity index (χ3v) is 5.58. The minimum absolute atomic E-state index is 0.574. The first-order valence-corrected chi connectivity index (χ1v) is 7.82. The zero-order chi connectivity index (χ0) is 12.4. The molecule has 0 amide bonds.